The first-order valence-electron chi connectivity index (χ1n) is 0.500. The fourth-order valence-electron chi connectivity index (χ4n) is 0. The zero-order valence-electron chi connectivity index (χ0n) is 2.12. The van der Waals surface area contributed by atoms with E-state index in [1.807, 2.05) is 0 Å². The van der Waals surface area contributed by atoms with Crippen LogP contribution in [-0.2, 0) is 19.5 Å². The van der Waals surface area contributed by atoms with Gasteiger partial charge < -0.3 is 0 Å². The molecule has 0 rings (SSSR count). The van der Waals surface area contributed by atoms with E-state index in [1.54, 1.807) is 0 Å². The van der Waals surface area contributed by atoms with Crippen molar-refractivity contribution in [2.45, 2.75) is 7.43 Å². The van der Waals surface area contributed by atoms with Crippen LogP contribution >= 0.6 is 0 Å². The Morgan fingerprint density at radius 2 is 1.00 bits per heavy atom. The van der Waals surface area contributed by atoms with E-state index in [-0.39, 0.29) is 26.9 Å². The minimum absolute atomic E-state index is 0. The average Bonchev–Trinajstić information content (AvgIpc) is 1.00. The van der Waals surface area contributed by atoms with Crippen molar-refractivity contribution in [1.82, 2.24) is 0 Å². The summed E-state index contributed by atoms with van der Waals surface area (Å²) in [7, 11) is 0. The van der Waals surface area contributed by atoms with Gasteiger partial charge in [0.25, 0.3) is 0 Å². The van der Waals surface area contributed by atoms with Gasteiger partial charge >= 0.3 is 0 Å². The topological polar surface area (TPSA) is 0 Å². The van der Waals surface area contributed by atoms with Gasteiger partial charge in [0.05, 0.1) is 0 Å². The van der Waals surface area contributed by atoms with Crippen LogP contribution in [0, 0.1) is 0 Å². The molecule has 0 unspecified atom stereocenters. The normalized spacial score (nSPS) is 1.00. The summed E-state index contributed by atoms with van der Waals surface area (Å²) in [6.45, 7) is 6.00. The number of hydrogen-bond donors (Lipinski definition) is 0. The number of rotatable bonds is 0. The zero-order chi connectivity index (χ0) is 2.00. The molecule has 0 spiro atoms. The van der Waals surface area contributed by atoms with Crippen molar-refractivity contribution >= 4 is 0 Å². The minimum Gasteiger partial charge on any atom is -0.106 e. The van der Waals surface area contributed by atoms with Gasteiger partial charge in [-0.2, -0.15) is 0 Å². The SMILES string of the molecule is C.C=C.[Zn]. The van der Waals surface area contributed by atoms with Gasteiger partial charge in [0.15, 0.2) is 0 Å². The molecule has 0 aromatic carbocycles. The van der Waals surface area contributed by atoms with E-state index in [9.17, 15) is 0 Å². The summed E-state index contributed by atoms with van der Waals surface area (Å²) in [4.78, 5) is 0. The molecule has 0 N–H and O–H groups in total. The molecular weight excluding hydrogens is 101 g/mol. The summed E-state index contributed by atoms with van der Waals surface area (Å²) in [5.74, 6) is 0. The van der Waals surface area contributed by atoms with Gasteiger partial charge in [-0.25, -0.2) is 0 Å². The molecule has 0 aromatic rings. The molecule has 1 heteroatoms. The van der Waals surface area contributed by atoms with Crippen LogP contribution in [0.3, 0.4) is 0 Å². The van der Waals surface area contributed by atoms with Crippen LogP contribution in [0.15, 0.2) is 13.2 Å². The van der Waals surface area contributed by atoms with E-state index in [4.69, 9.17) is 0 Å². The fraction of sp³-hybridized carbons (Fsp3) is 0.333. The maximum atomic E-state index is 3.00. The molecule has 4 heavy (non-hydrogen) atoms. The second-order valence-electron chi connectivity index (χ2n) is 0. The van der Waals surface area contributed by atoms with Gasteiger partial charge in [-0.3, -0.25) is 0 Å². The molecule has 0 atom stereocenters. The van der Waals surface area contributed by atoms with E-state index in [1.165, 1.54) is 0 Å². The maximum Gasteiger partial charge on any atom is 0 e. The van der Waals surface area contributed by atoms with Gasteiger partial charge in [-0.1, -0.05) is 7.43 Å². The third-order valence-electron chi connectivity index (χ3n) is 0. The van der Waals surface area contributed by atoms with Gasteiger partial charge in [0.2, 0.25) is 0 Å². The van der Waals surface area contributed by atoms with Crippen LogP contribution in [-0.4, -0.2) is 0 Å². The maximum absolute atomic E-state index is 3.00. The molecule has 0 heterocycles. The van der Waals surface area contributed by atoms with Crippen molar-refractivity contribution < 1.29 is 19.5 Å². The molecule has 0 bridgehead atoms. The van der Waals surface area contributed by atoms with Crippen LogP contribution < -0.4 is 0 Å². The quantitative estimate of drug-likeness (QED) is 0.326. The average molecular weight is 109 g/mol. The second kappa shape index (κ2) is 142. The summed E-state index contributed by atoms with van der Waals surface area (Å²) in [5.41, 5.74) is 0. The summed E-state index contributed by atoms with van der Waals surface area (Å²) >= 11 is 0. The molecule has 0 saturated carbocycles. The van der Waals surface area contributed by atoms with Crippen molar-refractivity contribution in [1.29, 1.82) is 0 Å². The van der Waals surface area contributed by atoms with E-state index < -0.39 is 0 Å². The van der Waals surface area contributed by atoms with Gasteiger partial charge in [-0.15, -0.1) is 13.2 Å². The van der Waals surface area contributed by atoms with Crippen molar-refractivity contribution in [3.63, 3.8) is 0 Å². The Hall–Kier alpha value is 0.363. The van der Waals surface area contributed by atoms with E-state index >= 15 is 0 Å². The van der Waals surface area contributed by atoms with Crippen molar-refractivity contribution in [3.05, 3.63) is 13.2 Å². The Balaban J connectivity index is -0.00000000500. The second-order valence-corrected chi connectivity index (χ2v) is 0. The molecule has 0 nitrogen and oxygen atoms in total. The fourth-order valence-corrected chi connectivity index (χ4v) is 0. The minimum atomic E-state index is 0. The standard InChI is InChI=1S/C2H4.CH4.Zn/c1-2;;/h1-2H2;1H4;. The molecule has 0 saturated heterocycles. The van der Waals surface area contributed by atoms with Crippen molar-refractivity contribution in [3.8, 4) is 0 Å². The molecule has 0 fully saturated rings. The van der Waals surface area contributed by atoms with E-state index in [0.29, 0.717) is 0 Å². The molecule has 0 amide bonds. The largest absolute Gasteiger partial charge is 0.106 e. The van der Waals surface area contributed by atoms with Crippen LogP contribution in [0.25, 0.3) is 0 Å². The van der Waals surface area contributed by atoms with Gasteiger partial charge in [0.1, 0.15) is 0 Å². The Kier molecular flexibility index (Phi) is 945. The smallest absolute Gasteiger partial charge is 0 e. The molecule has 0 aliphatic heterocycles. The Bertz CT molecular complexity index is 3.25. The van der Waals surface area contributed by atoms with Crippen LogP contribution in [0.2, 0.25) is 0 Å². The summed E-state index contributed by atoms with van der Waals surface area (Å²) < 4.78 is 0. The van der Waals surface area contributed by atoms with Crippen LogP contribution in [0.4, 0.5) is 0 Å². The molecule has 0 aliphatic rings. The first-order chi connectivity index (χ1) is 1.00. The van der Waals surface area contributed by atoms with E-state index in [2.05, 4.69) is 13.2 Å². The Morgan fingerprint density at radius 1 is 1.00 bits per heavy atom. The molecule has 0 radical (unpaired) electrons. The predicted octanol–water partition coefficient (Wildman–Crippen LogP) is 1.44. The number of hydrogen-bond acceptors (Lipinski definition) is 0. The first kappa shape index (κ1) is 26.6. The van der Waals surface area contributed by atoms with Crippen LogP contribution in [0.1, 0.15) is 7.43 Å². The summed E-state index contributed by atoms with van der Waals surface area (Å²) in [6.07, 6.45) is 0. The Labute approximate surface area is 40.7 Å². The van der Waals surface area contributed by atoms with Crippen molar-refractivity contribution in [2.24, 2.45) is 0 Å². The zero-order valence-corrected chi connectivity index (χ0v) is 5.09. The van der Waals surface area contributed by atoms with Crippen LogP contribution in [0.5, 0.6) is 0 Å². The predicted molar refractivity (Wildman–Crippen MR) is 18.0 cm³/mol. The third-order valence-corrected chi connectivity index (χ3v) is 0. The molecular formula is C3H8Zn. The molecule has 22 valence electrons. The van der Waals surface area contributed by atoms with Gasteiger partial charge in [0, 0.05) is 19.5 Å². The molecule has 0 aliphatic carbocycles. The summed E-state index contributed by atoms with van der Waals surface area (Å²) in [6, 6.07) is 0. The first-order valence-corrected chi connectivity index (χ1v) is 0.500. The Morgan fingerprint density at radius 3 is 1.00 bits per heavy atom. The van der Waals surface area contributed by atoms with E-state index in [0.717, 1.165) is 0 Å². The van der Waals surface area contributed by atoms with Gasteiger partial charge in [-0.05, 0) is 0 Å². The third kappa shape index (κ3) is 33.3. The molecule has 0 aromatic heterocycles. The monoisotopic (exact) mass is 108 g/mol. The summed E-state index contributed by atoms with van der Waals surface area (Å²) in [5, 5.41) is 0. The van der Waals surface area contributed by atoms with Crippen molar-refractivity contribution in [2.75, 3.05) is 0 Å².